The maximum absolute atomic E-state index is 12.6. The van der Waals surface area contributed by atoms with E-state index in [1.54, 1.807) is 10.7 Å². The van der Waals surface area contributed by atoms with Crippen LogP contribution in [0.15, 0.2) is 29.3 Å². The Kier molecular flexibility index (Phi) is 4.55. The molecular weight excluding hydrogens is 294 g/mol. The number of aromatic nitrogens is 4. The van der Waals surface area contributed by atoms with Crippen LogP contribution < -0.4 is 5.69 Å². The normalized spacial score (nSPS) is 18.1. The number of aromatic amines is 1. The Bertz CT molecular complexity index is 736. The average molecular weight is 315 g/mol. The van der Waals surface area contributed by atoms with Gasteiger partial charge in [-0.2, -0.15) is 5.10 Å². The van der Waals surface area contributed by atoms with Crippen molar-refractivity contribution in [3.63, 3.8) is 0 Å². The number of nitrogens with zero attached hydrogens (tertiary/aromatic N) is 4. The molecular formula is C16H21N5O2. The van der Waals surface area contributed by atoms with Crippen LogP contribution in [0.4, 0.5) is 0 Å². The molecule has 1 saturated heterocycles. The standard InChI is InChI=1S/C16H21N5O2/c1-2-8-21-10-6-14(19-21)15(22)20-9-3-4-12(11-20)13-5-7-17-16(23)18-13/h5-7,10,12H,2-4,8-9,11H2,1H3,(H,17,18,23)/t12-/m0/s1. The molecule has 0 aliphatic carbocycles. The highest BCUT2D eigenvalue weighted by Crippen LogP contribution is 2.25. The second-order valence-corrected chi connectivity index (χ2v) is 5.88. The minimum absolute atomic E-state index is 0.0408. The van der Waals surface area contributed by atoms with Gasteiger partial charge in [0, 0.05) is 43.6 Å². The first-order chi connectivity index (χ1) is 11.2. The zero-order valence-electron chi connectivity index (χ0n) is 13.2. The van der Waals surface area contributed by atoms with Crippen LogP contribution in [0, 0.1) is 0 Å². The highest BCUT2D eigenvalue weighted by molar-refractivity contribution is 5.92. The zero-order chi connectivity index (χ0) is 16.2. The van der Waals surface area contributed by atoms with E-state index in [2.05, 4.69) is 22.0 Å². The van der Waals surface area contributed by atoms with Crippen LogP contribution in [0.25, 0.3) is 0 Å². The van der Waals surface area contributed by atoms with Crippen LogP contribution in [0.2, 0.25) is 0 Å². The van der Waals surface area contributed by atoms with E-state index in [0.29, 0.717) is 12.2 Å². The first-order valence-electron chi connectivity index (χ1n) is 8.05. The lowest BCUT2D eigenvalue weighted by molar-refractivity contribution is 0.0699. The smallest absolute Gasteiger partial charge is 0.337 e. The van der Waals surface area contributed by atoms with Gasteiger partial charge in [0.2, 0.25) is 0 Å². The molecule has 3 rings (SSSR count). The van der Waals surface area contributed by atoms with Crippen molar-refractivity contribution in [1.29, 1.82) is 0 Å². The third kappa shape index (κ3) is 3.49. The fraction of sp³-hybridized carbons (Fsp3) is 0.500. The lowest BCUT2D eigenvalue weighted by Gasteiger charge is -2.32. The van der Waals surface area contributed by atoms with Crippen molar-refractivity contribution in [3.8, 4) is 0 Å². The van der Waals surface area contributed by atoms with E-state index in [-0.39, 0.29) is 17.5 Å². The van der Waals surface area contributed by atoms with Crippen LogP contribution in [-0.2, 0) is 6.54 Å². The van der Waals surface area contributed by atoms with Gasteiger partial charge in [0.25, 0.3) is 5.91 Å². The summed E-state index contributed by atoms with van der Waals surface area (Å²) in [6.45, 7) is 4.22. The van der Waals surface area contributed by atoms with Gasteiger partial charge in [0.05, 0.1) is 0 Å². The summed E-state index contributed by atoms with van der Waals surface area (Å²) in [5.74, 6) is 0.0992. The predicted molar refractivity (Wildman–Crippen MR) is 85.3 cm³/mol. The first-order valence-corrected chi connectivity index (χ1v) is 8.05. The Labute approximate surface area is 134 Å². The van der Waals surface area contributed by atoms with E-state index in [0.717, 1.165) is 38.0 Å². The van der Waals surface area contributed by atoms with Crippen LogP contribution >= 0.6 is 0 Å². The quantitative estimate of drug-likeness (QED) is 0.924. The molecule has 3 heterocycles. The van der Waals surface area contributed by atoms with Crippen molar-refractivity contribution in [2.75, 3.05) is 13.1 Å². The molecule has 7 heteroatoms. The van der Waals surface area contributed by atoms with Crippen LogP contribution in [0.3, 0.4) is 0 Å². The highest BCUT2D eigenvalue weighted by atomic mass is 16.2. The van der Waals surface area contributed by atoms with Gasteiger partial charge >= 0.3 is 5.69 Å². The molecule has 0 saturated carbocycles. The van der Waals surface area contributed by atoms with Crippen molar-refractivity contribution < 1.29 is 4.79 Å². The molecule has 1 N–H and O–H groups in total. The summed E-state index contributed by atoms with van der Waals surface area (Å²) in [6, 6.07) is 3.59. The number of H-pyrrole nitrogens is 1. The number of amides is 1. The number of nitrogens with one attached hydrogen (secondary N) is 1. The topological polar surface area (TPSA) is 83.9 Å². The van der Waals surface area contributed by atoms with Gasteiger partial charge in [-0.05, 0) is 31.4 Å². The number of hydrogen-bond acceptors (Lipinski definition) is 4. The van der Waals surface area contributed by atoms with Crippen LogP contribution in [0.5, 0.6) is 0 Å². The Hall–Kier alpha value is -2.44. The number of aryl methyl sites for hydroxylation is 1. The van der Waals surface area contributed by atoms with E-state index in [1.807, 2.05) is 17.2 Å². The van der Waals surface area contributed by atoms with Crippen LogP contribution in [0.1, 0.15) is 48.3 Å². The fourth-order valence-electron chi connectivity index (χ4n) is 3.03. The summed E-state index contributed by atoms with van der Waals surface area (Å²) in [7, 11) is 0. The lowest BCUT2D eigenvalue weighted by Crippen LogP contribution is -2.39. The molecule has 0 bridgehead atoms. The molecule has 1 fully saturated rings. The molecule has 0 spiro atoms. The van der Waals surface area contributed by atoms with Gasteiger partial charge in [-0.3, -0.25) is 9.48 Å². The van der Waals surface area contributed by atoms with Gasteiger partial charge in [0.1, 0.15) is 5.69 Å². The highest BCUT2D eigenvalue weighted by Gasteiger charge is 2.27. The van der Waals surface area contributed by atoms with Crippen molar-refractivity contribution in [1.82, 2.24) is 24.6 Å². The van der Waals surface area contributed by atoms with Gasteiger partial charge in [-0.25, -0.2) is 9.78 Å². The van der Waals surface area contributed by atoms with Crippen molar-refractivity contribution >= 4 is 5.91 Å². The number of piperidine rings is 1. The molecule has 122 valence electrons. The summed E-state index contributed by atoms with van der Waals surface area (Å²) in [4.78, 5) is 32.3. The van der Waals surface area contributed by atoms with Crippen molar-refractivity contribution in [3.05, 3.63) is 46.4 Å². The monoisotopic (exact) mass is 315 g/mol. The number of likely N-dealkylation sites (tertiary alicyclic amines) is 1. The van der Waals surface area contributed by atoms with E-state index < -0.39 is 0 Å². The van der Waals surface area contributed by atoms with Gasteiger partial charge < -0.3 is 9.88 Å². The first kappa shape index (κ1) is 15.5. The Morgan fingerprint density at radius 2 is 2.30 bits per heavy atom. The molecule has 1 amide bonds. The van der Waals surface area contributed by atoms with E-state index >= 15 is 0 Å². The van der Waals surface area contributed by atoms with Gasteiger partial charge in [-0.1, -0.05) is 6.92 Å². The number of hydrogen-bond donors (Lipinski definition) is 1. The van der Waals surface area contributed by atoms with Crippen molar-refractivity contribution in [2.24, 2.45) is 0 Å². The summed E-state index contributed by atoms with van der Waals surface area (Å²) in [5, 5.41) is 4.34. The lowest BCUT2D eigenvalue weighted by atomic mass is 9.94. The zero-order valence-corrected chi connectivity index (χ0v) is 13.2. The Morgan fingerprint density at radius 3 is 3.09 bits per heavy atom. The minimum atomic E-state index is -0.343. The largest absolute Gasteiger partial charge is 0.345 e. The van der Waals surface area contributed by atoms with Gasteiger partial charge in [-0.15, -0.1) is 0 Å². The summed E-state index contributed by atoms with van der Waals surface area (Å²) >= 11 is 0. The molecule has 0 radical (unpaired) electrons. The summed E-state index contributed by atoms with van der Waals surface area (Å²) < 4.78 is 1.80. The maximum atomic E-state index is 12.6. The molecule has 1 atom stereocenters. The third-order valence-corrected chi connectivity index (χ3v) is 4.16. The molecule has 1 aliphatic heterocycles. The molecule has 23 heavy (non-hydrogen) atoms. The molecule has 0 unspecified atom stereocenters. The van der Waals surface area contributed by atoms with Gasteiger partial charge in [0.15, 0.2) is 0 Å². The molecule has 0 aromatic carbocycles. The fourth-order valence-corrected chi connectivity index (χ4v) is 3.03. The summed E-state index contributed by atoms with van der Waals surface area (Å²) in [5.41, 5.74) is 0.991. The average Bonchev–Trinajstić information content (AvgIpc) is 3.03. The number of carbonyl (C=O) groups excluding carboxylic acids is 1. The maximum Gasteiger partial charge on any atom is 0.345 e. The molecule has 7 nitrogen and oxygen atoms in total. The second kappa shape index (κ2) is 6.76. The van der Waals surface area contributed by atoms with E-state index in [4.69, 9.17) is 0 Å². The van der Waals surface area contributed by atoms with E-state index in [1.165, 1.54) is 6.20 Å². The molecule has 1 aliphatic rings. The summed E-state index contributed by atoms with van der Waals surface area (Å²) in [6.07, 6.45) is 6.21. The molecule has 2 aromatic heterocycles. The predicted octanol–water partition coefficient (Wildman–Crippen LogP) is 1.40. The third-order valence-electron chi connectivity index (χ3n) is 4.16. The Morgan fingerprint density at radius 1 is 1.43 bits per heavy atom. The minimum Gasteiger partial charge on any atom is -0.337 e. The number of rotatable bonds is 4. The number of carbonyl (C=O) groups is 1. The SMILES string of the molecule is CCCn1ccc(C(=O)N2CCC[C@H](c3ccnc(=O)[nH]3)C2)n1. The molecule has 2 aromatic rings. The van der Waals surface area contributed by atoms with Crippen molar-refractivity contribution in [2.45, 2.75) is 38.6 Å². The van der Waals surface area contributed by atoms with Crippen LogP contribution in [-0.4, -0.2) is 43.6 Å². The van der Waals surface area contributed by atoms with E-state index in [9.17, 15) is 9.59 Å². The second-order valence-electron chi connectivity index (χ2n) is 5.88. The Balaban J connectivity index is 1.72.